The number of alkyl halides is 3. The number of nitrogens with zero attached hydrogens (tertiary/aromatic N) is 2. The highest BCUT2D eigenvalue weighted by Gasteiger charge is 2.34. The van der Waals surface area contributed by atoms with Gasteiger partial charge in [-0.1, -0.05) is 90.5 Å². The number of nitro benzene ring substituents is 1. The third-order valence-electron chi connectivity index (χ3n) is 6.95. The van der Waals surface area contributed by atoms with Gasteiger partial charge in [-0.2, -0.15) is 13.2 Å². The van der Waals surface area contributed by atoms with Crippen molar-refractivity contribution in [3.63, 3.8) is 0 Å². The first kappa shape index (κ1) is 30.1. The molecule has 0 aromatic heterocycles. The third kappa shape index (κ3) is 7.86. The molecule has 9 heteroatoms. The summed E-state index contributed by atoms with van der Waals surface area (Å²) in [6.07, 6.45) is -4.02. The second-order valence-corrected chi connectivity index (χ2v) is 10.1. The zero-order valence-corrected chi connectivity index (χ0v) is 23.2. The van der Waals surface area contributed by atoms with Crippen LogP contribution in [0.1, 0.15) is 40.2 Å². The minimum atomic E-state index is -4.56. The Balaban J connectivity index is 1.57. The van der Waals surface area contributed by atoms with E-state index >= 15 is 0 Å². The fourth-order valence-corrected chi connectivity index (χ4v) is 5.15. The maximum Gasteiger partial charge on any atom is 0.417 e. The number of ether oxygens (including phenoxy) is 1. The van der Waals surface area contributed by atoms with E-state index in [1.54, 1.807) is 25.1 Å². The maximum absolute atomic E-state index is 13.6. The van der Waals surface area contributed by atoms with Crippen molar-refractivity contribution in [1.82, 2.24) is 4.90 Å². The van der Waals surface area contributed by atoms with Gasteiger partial charge in [0.05, 0.1) is 27.7 Å². The summed E-state index contributed by atoms with van der Waals surface area (Å²) in [5.74, 6) is 0.389. The van der Waals surface area contributed by atoms with Crippen molar-refractivity contribution in [2.75, 3.05) is 19.7 Å². The topological polar surface area (TPSA) is 55.6 Å². The van der Waals surface area contributed by atoms with E-state index in [2.05, 4.69) is 4.90 Å². The summed E-state index contributed by atoms with van der Waals surface area (Å²) in [4.78, 5) is 12.9. The van der Waals surface area contributed by atoms with Gasteiger partial charge in [0.1, 0.15) is 5.75 Å². The molecule has 0 fully saturated rings. The average Bonchev–Trinajstić information content (AvgIpc) is 2.95. The highest BCUT2D eigenvalue weighted by molar-refractivity contribution is 6.32. The minimum absolute atomic E-state index is 0.0168. The summed E-state index contributed by atoms with van der Waals surface area (Å²) in [5, 5.41) is 11.0. The molecule has 5 nitrogen and oxygen atoms in total. The van der Waals surface area contributed by atoms with Crippen molar-refractivity contribution in [3.8, 4) is 5.75 Å². The van der Waals surface area contributed by atoms with Crippen molar-refractivity contribution in [2.45, 2.75) is 32.0 Å². The molecule has 0 spiro atoms. The fourth-order valence-electron chi connectivity index (χ4n) is 4.86. The first-order chi connectivity index (χ1) is 19.6. The van der Waals surface area contributed by atoms with Gasteiger partial charge in [0.2, 0.25) is 0 Å². The van der Waals surface area contributed by atoms with Gasteiger partial charge in [0, 0.05) is 31.6 Å². The number of hydrogen-bond donors (Lipinski definition) is 0. The molecule has 0 atom stereocenters. The molecule has 214 valence electrons. The lowest BCUT2D eigenvalue weighted by molar-refractivity contribution is -0.385. The van der Waals surface area contributed by atoms with Gasteiger partial charge in [0.25, 0.3) is 5.69 Å². The Morgan fingerprint density at radius 1 is 0.902 bits per heavy atom. The van der Waals surface area contributed by atoms with Crippen molar-refractivity contribution < 1.29 is 22.8 Å². The standard InChI is InChI=1S/C32H30ClF3N2O3/c1-23-29(38(39)40)17-9-18-30(23)41-20-10-19-37(21-26-15-8-16-28(31(26)33)32(34,35)36)22-27(24-11-4-2-5-12-24)25-13-6-3-7-14-25/h2-9,11-18,27H,10,19-22H2,1H3. The molecule has 0 saturated heterocycles. The van der Waals surface area contributed by atoms with E-state index in [1.165, 1.54) is 12.1 Å². The van der Waals surface area contributed by atoms with Crippen molar-refractivity contribution in [3.05, 3.63) is 140 Å². The number of benzene rings is 4. The average molecular weight is 583 g/mol. The highest BCUT2D eigenvalue weighted by atomic mass is 35.5. The predicted molar refractivity (Wildman–Crippen MR) is 154 cm³/mol. The van der Waals surface area contributed by atoms with Crippen LogP contribution in [0.4, 0.5) is 18.9 Å². The van der Waals surface area contributed by atoms with E-state index in [0.717, 1.165) is 17.2 Å². The van der Waals surface area contributed by atoms with Gasteiger partial charge in [-0.3, -0.25) is 15.0 Å². The lowest BCUT2D eigenvalue weighted by Gasteiger charge is -2.29. The van der Waals surface area contributed by atoms with E-state index in [0.29, 0.717) is 36.4 Å². The van der Waals surface area contributed by atoms with Crippen LogP contribution in [-0.4, -0.2) is 29.5 Å². The van der Waals surface area contributed by atoms with E-state index < -0.39 is 16.7 Å². The molecule has 0 heterocycles. The molecule has 4 rings (SSSR count). The van der Waals surface area contributed by atoms with Crippen LogP contribution in [0, 0.1) is 17.0 Å². The SMILES string of the molecule is Cc1c(OCCCN(Cc2cccc(C(F)(F)F)c2Cl)CC(c2ccccc2)c2ccccc2)cccc1[N+](=O)[O-]. The molecule has 0 aliphatic heterocycles. The number of nitro groups is 1. The van der Waals surface area contributed by atoms with Crippen LogP contribution in [0.5, 0.6) is 5.75 Å². The van der Waals surface area contributed by atoms with Gasteiger partial charge in [0.15, 0.2) is 0 Å². The molecule has 0 aliphatic carbocycles. The molecule has 0 bridgehead atoms. The number of rotatable bonds is 12. The van der Waals surface area contributed by atoms with Gasteiger partial charge in [-0.15, -0.1) is 0 Å². The smallest absolute Gasteiger partial charge is 0.417 e. The molecule has 4 aromatic rings. The van der Waals surface area contributed by atoms with E-state index in [4.69, 9.17) is 16.3 Å². The summed E-state index contributed by atoms with van der Waals surface area (Å²) in [7, 11) is 0. The molecule has 0 saturated carbocycles. The maximum atomic E-state index is 13.6. The van der Waals surface area contributed by atoms with Gasteiger partial charge < -0.3 is 4.74 Å². The largest absolute Gasteiger partial charge is 0.493 e. The van der Waals surface area contributed by atoms with Crippen molar-refractivity contribution >= 4 is 17.3 Å². The lowest BCUT2D eigenvalue weighted by Crippen LogP contribution is -2.31. The summed E-state index contributed by atoms with van der Waals surface area (Å²) in [6, 6.07) is 28.6. The Morgan fingerprint density at radius 3 is 2.10 bits per heavy atom. The highest BCUT2D eigenvalue weighted by Crippen LogP contribution is 2.37. The molecular formula is C32H30ClF3N2O3. The van der Waals surface area contributed by atoms with Crippen LogP contribution < -0.4 is 4.74 Å². The number of halogens is 4. The van der Waals surface area contributed by atoms with Crippen molar-refractivity contribution in [2.24, 2.45) is 0 Å². The first-order valence-electron chi connectivity index (χ1n) is 13.2. The van der Waals surface area contributed by atoms with Crippen LogP contribution in [0.3, 0.4) is 0 Å². The molecule has 0 radical (unpaired) electrons. The zero-order chi connectivity index (χ0) is 29.4. The van der Waals surface area contributed by atoms with Crippen LogP contribution in [0.2, 0.25) is 5.02 Å². The van der Waals surface area contributed by atoms with Crippen LogP contribution in [-0.2, 0) is 12.7 Å². The van der Waals surface area contributed by atoms with E-state index in [9.17, 15) is 23.3 Å². The van der Waals surface area contributed by atoms with E-state index in [-0.39, 0.29) is 29.8 Å². The lowest BCUT2D eigenvalue weighted by atomic mass is 9.90. The zero-order valence-electron chi connectivity index (χ0n) is 22.5. The van der Waals surface area contributed by atoms with Crippen LogP contribution >= 0.6 is 11.6 Å². The monoisotopic (exact) mass is 582 g/mol. The summed E-state index contributed by atoms with van der Waals surface area (Å²) in [5.41, 5.74) is 2.13. The Bertz CT molecular complexity index is 1410. The Labute approximate surface area is 242 Å². The second kappa shape index (κ2) is 13.7. The molecule has 0 aliphatic rings. The Kier molecular flexibility index (Phi) is 10.0. The normalized spacial score (nSPS) is 11.7. The van der Waals surface area contributed by atoms with Crippen LogP contribution in [0.25, 0.3) is 0 Å². The fraction of sp³-hybridized carbons (Fsp3) is 0.250. The summed E-state index contributed by atoms with van der Waals surface area (Å²) in [6.45, 7) is 3.14. The summed E-state index contributed by atoms with van der Waals surface area (Å²) >= 11 is 6.28. The van der Waals surface area contributed by atoms with Crippen LogP contribution in [0.15, 0.2) is 97.1 Å². The summed E-state index contributed by atoms with van der Waals surface area (Å²) < 4.78 is 46.6. The minimum Gasteiger partial charge on any atom is -0.493 e. The predicted octanol–water partition coefficient (Wildman–Crippen LogP) is 8.68. The van der Waals surface area contributed by atoms with Gasteiger partial charge in [-0.05, 0) is 42.2 Å². The first-order valence-corrected chi connectivity index (χ1v) is 13.6. The molecular weight excluding hydrogens is 553 g/mol. The Hall–Kier alpha value is -3.88. The molecule has 0 amide bonds. The Morgan fingerprint density at radius 2 is 1.51 bits per heavy atom. The van der Waals surface area contributed by atoms with Gasteiger partial charge >= 0.3 is 6.18 Å². The quantitative estimate of drug-likeness (QED) is 0.0952. The van der Waals surface area contributed by atoms with E-state index in [1.807, 2.05) is 60.7 Å². The van der Waals surface area contributed by atoms with Crippen molar-refractivity contribution in [1.29, 1.82) is 0 Å². The molecule has 41 heavy (non-hydrogen) atoms. The molecule has 0 N–H and O–H groups in total. The molecule has 4 aromatic carbocycles. The molecule has 0 unspecified atom stereocenters. The number of hydrogen-bond acceptors (Lipinski definition) is 4. The van der Waals surface area contributed by atoms with Gasteiger partial charge in [-0.25, -0.2) is 0 Å². The second-order valence-electron chi connectivity index (χ2n) is 9.74. The third-order valence-corrected chi connectivity index (χ3v) is 7.40.